The van der Waals surface area contributed by atoms with Gasteiger partial charge in [-0.3, -0.25) is 9.69 Å². The van der Waals surface area contributed by atoms with E-state index in [0.29, 0.717) is 24.4 Å². The first kappa shape index (κ1) is 18.1. The molecule has 0 unspecified atom stereocenters. The average molecular weight is 340 g/mol. The standard InChI is InChI=1S/C17H19F3N2O2/c1-21(10-13-5-7-14(8-6-13)17(18,19)20)12-16(23)22(2)11-15-4-3-9-24-15/h3-9H,10-12H2,1-2H3. The summed E-state index contributed by atoms with van der Waals surface area (Å²) in [5.41, 5.74) is 0.0372. The van der Waals surface area contributed by atoms with Gasteiger partial charge in [0.15, 0.2) is 0 Å². The number of amides is 1. The zero-order valence-corrected chi connectivity index (χ0v) is 13.5. The van der Waals surface area contributed by atoms with Crippen LogP contribution >= 0.6 is 0 Å². The number of hydrogen-bond acceptors (Lipinski definition) is 3. The van der Waals surface area contributed by atoms with Crippen molar-refractivity contribution >= 4 is 5.91 Å². The molecule has 7 heteroatoms. The highest BCUT2D eigenvalue weighted by Gasteiger charge is 2.29. The van der Waals surface area contributed by atoms with Crippen LogP contribution in [0.5, 0.6) is 0 Å². The highest BCUT2D eigenvalue weighted by molar-refractivity contribution is 5.77. The third-order valence-electron chi connectivity index (χ3n) is 3.54. The van der Waals surface area contributed by atoms with Crippen LogP contribution in [-0.2, 0) is 24.1 Å². The van der Waals surface area contributed by atoms with E-state index in [1.165, 1.54) is 12.1 Å². The van der Waals surface area contributed by atoms with Crippen LogP contribution in [-0.4, -0.2) is 36.3 Å². The fraction of sp³-hybridized carbons (Fsp3) is 0.353. The zero-order valence-electron chi connectivity index (χ0n) is 13.5. The van der Waals surface area contributed by atoms with Gasteiger partial charge in [0.25, 0.3) is 0 Å². The van der Waals surface area contributed by atoms with E-state index in [1.807, 2.05) is 0 Å². The molecule has 1 amide bonds. The summed E-state index contributed by atoms with van der Waals surface area (Å²) >= 11 is 0. The molecule has 0 saturated carbocycles. The van der Waals surface area contributed by atoms with Crippen molar-refractivity contribution in [2.75, 3.05) is 20.6 Å². The van der Waals surface area contributed by atoms with Gasteiger partial charge in [-0.15, -0.1) is 0 Å². The summed E-state index contributed by atoms with van der Waals surface area (Å²) in [5, 5.41) is 0. The van der Waals surface area contributed by atoms with Crippen molar-refractivity contribution in [2.24, 2.45) is 0 Å². The fourth-order valence-corrected chi connectivity index (χ4v) is 2.24. The summed E-state index contributed by atoms with van der Waals surface area (Å²) in [6.07, 6.45) is -2.79. The molecule has 0 spiro atoms. The molecule has 1 aromatic carbocycles. The maximum Gasteiger partial charge on any atom is 0.416 e. The highest BCUT2D eigenvalue weighted by Crippen LogP contribution is 2.29. The van der Waals surface area contributed by atoms with Gasteiger partial charge in [0.2, 0.25) is 5.91 Å². The first-order chi connectivity index (χ1) is 11.3. The van der Waals surface area contributed by atoms with Gasteiger partial charge in [-0.2, -0.15) is 13.2 Å². The van der Waals surface area contributed by atoms with E-state index < -0.39 is 11.7 Å². The van der Waals surface area contributed by atoms with E-state index in [4.69, 9.17) is 4.42 Å². The molecule has 2 aromatic rings. The van der Waals surface area contributed by atoms with Crippen molar-refractivity contribution in [2.45, 2.75) is 19.3 Å². The minimum Gasteiger partial charge on any atom is -0.467 e. The number of rotatable bonds is 6. The topological polar surface area (TPSA) is 36.7 Å². The molecule has 0 atom stereocenters. The number of nitrogens with zero attached hydrogens (tertiary/aromatic N) is 2. The first-order valence-corrected chi connectivity index (χ1v) is 7.36. The summed E-state index contributed by atoms with van der Waals surface area (Å²) in [5.74, 6) is 0.594. The van der Waals surface area contributed by atoms with Crippen molar-refractivity contribution in [1.82, 2.24) is 9.80 Å². The fourth-order valence-electron chi connectivity index (χ4n) is 2.24. The molecule has 2 rings (SSSR count). The lowest BCUT2D eigenvalue weighted by molar-refractivity contribution is -0.137. The minimum atomic E-state index is -4.34. The van der Waals surface area contributed by atoms with Crippen LogP contribution in [0.1, 0.15) is 16.9 Å². The molecule has 1 heterocycles. The Kier molecular flexibility index (Phi) is 5.66. The monoisotopic (exact) mass is 340 g/mol. The molecule has 0 aliphatic carbocycles. The maximum absolute atomic E-state index is 12.5. The third-order valence-corrected chi connectivity index (χ3v) is 3.54. The predicted octanol–water partition coefficient (Wildman–Crippen LogP) is 3.39. The number of carbonyl (C=O) groups is 1. The molecular weight excluding hydrogens is 321 g/mol. The number of halogens is 3. The van der Waals surface area contributed by atoms with Gasteiger partial charge in [0, 0.05) is 13.6 Å². The lowest BCUT2D eigenvalue weighted by Gasteiger charge is -2.21. The van der Waals surface area contributed by atoms with Crippen LogP contribution in [0, 0.1) is 0 Å². The predicted molar refractivity (Wildman–Crippen MR) is 83.0 cm³/mol. The summed E-state index contributed by atoms with van der Waals surface area (Å²) in [7, 11) is 3.42. The van der Waals surface area contributed by atoms with Gasteiger partial charge < -0.3 is 9.32 Å². The molecule has 1 aromatic heterocycles. The number of hydrogen-bond donors (Lipinski definition) is 0. The molecule has 0 aliphatic heterocycles. The maximum atomic E-state index is 12.5. The molecule has 0 aliphatic rings. The Morgan fingerprint density at radius 2 is 1.75 bits per heavy atom. The second kappa shape index (κ2) is 7.53. The number of alkyl halides is 3. The summed E-state index contributed by atoms with van der Waals surface area (Å²) in [6.45, 7) is 0.927. The molecule has 0 saturated heterocycles. The van der Waals surface area contributed by atoms with Gasteiger partial charge in [0.05, 0.1) is 24.9 Å². The SMILES string of the molecule is CN(CC(=O)N(C)Cc1ccco1)Cc1ccc(C(F)(F)F)cc1. The molecule has 0 radical (unpaired) electrons. The Labute approximate surface area is 138 Å². The van der Waals surface area contributed by atoms with Crippen LogP contribution in [0.2, 0.25) is 0 Å². The molecule has 4 nitrogen and oxygen atoms in total. The van der Waals surface area contributed by atoms with Crippen molar-refractivity contribution in [3.63, 3.8) is 0 Å². The van der Waals surface area contributed by atoms with Crippen LogP contribution in [0.3, 0.4) is 0 Å². The van der Waals surface area contributed by atoms with E-state index >= 15 is 0 Å². The summed E-state index contributed by atoms with van der Waals surface area (Å²) in [4.78, 5) is 15.4. The lowest BCUT2D eigenvalue weighted by Crippen LogP contribution is -2.35. The zero-order chi connectivity index (χ0) is 17.7. The summed E-state index contributed by atoms with van der Waals surface area (Å²) in [6, 6.07) is 8.49. The normalized spacial score (nSPS) is 11.8. The smallest absolute Gasteiger partial charge is 0.416 e. The van der Waals surface area contributed by atoms with Crippen LogP contribution in [0.25, 0.3) is 0 Å². The number of furan rings is 1. The Morgan fingerprint density at radius 1 is 1.08 bits per heavy atom. The Morgan fingerprint density at radius 3 is 2.29 bits per heavy atom. The third kappa shape index (κ3) is 5.13. The van der Waals surface area contributed by atoms with Gasteiger partial charge in [-0.05, 0) is 36.9 Å². The molecule has 0 bridgehead atoms. The quantitative estimate of drug-likeness (QED) is 0.809. The molecular formula is C17H19F3N2O2. The Balaban J connectivity index is 1.85. The molecule has 24 heavy (non-hydrogen) atoms. The van der Waals surface area contributed by atoms with E-state index in [0.717, 1.165) is 12.1 Å². The van der Waals surface area contributed by atoms with E-state index in [-0.39, 0.29) is 12.5 Å². The van der Waals surface area contributed by atoms with Crippen molar-refractivity contribution in [3.05, 3.63) is 59.5 Å². The number of benzene rings is 1. The Hall–Kier alpha value is -2.28. The minimum absolute atomic E-state index is 0.0965. The lowest BCUT2D eigenvalue weighted by atomic mass is 10.1. The second-order valence-corrected chi connectivity index (χ2v) is 5.70. The van der Waals surface area contributed by atoms with Crippen molar-refractivity contribution < 1.29 is 22.4 Å². The second-order valence-electron chi connectivity index (χ2n) is 5.70. The van der Waals surface area contributed by atoms with Crippen molar-refractivity contribution in [1.29, 1.82) is 0 Å². The van der Waals surface area contributed by atoms with Gasteiger partial charge in [-0.1, -0.05) is 12.1 Å². The van der Waals surface area contributed by atoms with E-state index in [9.17, 15) is 18.0 Å². The largest absolute Gasteiger partial charge is 0.467 e. The average Bonchev–Trinajstić information content (AvgIpc) is 2.99. The molecule has 0 N–H and O–H groups in total. The van der Waals surface area contributed by atoms with Crippen LogP contribution < -0.4 is 0 Å². The highest BCUT2D eigenvalue weighted by atomic mass is 19.4. The van der Waals surface area contributed by atoms with Gasteiger partial charge in [0.1, 0.15) is 5.76 Å². The van der Waals surface area contributed by atoms with Crippen LogP contribution in [0.15, 0.2) is 47.1 Å². The number of likely N-dealkylation sites (N-methyl/N-ethyl adjacent to an activating group) is 2. The van der Waals surface area contributed by atoms with E-state index in [1.54, 1.807) is 42.3 Å². The van der Waals surface area contributed by atoms with Gasteiger partial charge in [-0.25, -0.2) is 0 Å². The van der Waals surface area contributed by atoms with E-state index in [2.05, 4.69) is 0 Å². The van der Waals surface area contributed by atoms with Gasteiger partial charge >= 0.3 is 6.18 Å². The molecule has 0 fully saturated rings. The molecule has 130 valence electrons. The number of carbonyl (C=O) groups excluding carboxylic acids is 1. The van der Waals surface area contributed by atoms with Crippen molar-refractivity contribution in [3.8, 4) is 0 Å². The van der Waals surface area contributed by atoms with Crippen LogP contribution in [0.4, 0.5) is 13.2 Å². The summed E-state index contributed by atoms with van der Waals surface area (Å²) < 4.78 is 42.8. The first-order valence-electron chi connectivity index (χ1n) is 7.36. The Bertz CT molecular complexity index is 651.